The molecule has 1 atom stereocenters. The molecule has 0 amide bonds. The van der Waals surface area contributed by atoms with E-state index in [1.807, 2.05) is 19.1 Å². The van der Waals surface area contributed by atoms with E-state index >= 15 is 0 Å². The molecule has 1 fully saturated rings. The van der Waals surface area contributed by atoms with Gasteiger partial charge in [0.15, 0.2) is 0 Å². The zero-order valence-electron chi connectivity index (χ0n) is 11.5. The van der Waals surface area contributed by atoms with Crippen LogP contribution in [0, 0.1) is 6.92 Å². The van der Waals surface area contributed by atoms with Crippen LogP contribution in [0.5, 0.6) is 5.75 Å². The Kier molecular flexibility index (Phi) is 4.39. The third-order valence-corrected chi connectivity index (χ3v) is 3.87. The van der Waals surface area contributed by atoms with Crippen LogP contribution < -0.4 is 5.73 Å². The van der Waals surface area contributed by atoms with Gasteiger partial charge in [-0.25, -0.2) is 0 Å². The van der Waals surface area contributed by atoms with Crippen LogP contribution in [0.4, 0.5) is 0 Å². The Bertz CT molecular complexity index is 470. The SMILES string of the molecule is Cc1ccc(O)c(C(C(N)=S)N2CCN(C)CC2)c1. The largest absolute Gasteiger partial charge is 0.508 e. The van der Waals surface area contributed by atoms with Crippen molar-refractivity contribution in [3.05, 3.63) is 29.3 Å². The Hall–Kier alpha value is -1.17. The molecule has 0 spiro atoms. The van der Waals surface area contributed by atoms with Crippen molar-refractivity contribution in [3.8, 4) is 5.75 Å². The lowest BCUT2D eigenvalue weighted by atomic mass is 10.0. The molecule has 0 radical (unpaired) electrons. The molecular formula is C14H21N3OS. The fraction of sp³-hybridized carbons (Fsp3) is 0.500. The number of aryl methyl sites for hydroxylation is 1. The summed E-state index contributed by atoms with van der Waals surface area (Å²) in [6, 6.07) is 5.40. The summed E-state index contributed by atoms with van der Waals surface area (Å²) >= 11 is 5.22. The average Bonchev–Trinajstić information content (AvgIpc) is 2.36. The van der Waals surface area contributed by atoms with E-state index in [-0.39, 0.29) is 11.8 Å². The van der Waals surface area contributed by atoms with Gasteiger partial charge in [0.25, 0.3) is 0 Å². The molecule has 1 aromatic carbocycles. The predicted molar refractivity (Wildman–Crippen MR) is 81.4 cm³/mol. The number of benzene rings is 1. The van der Waals surface area contributed by atoms with Crippen LogP contribution in [0.25, 0.3) is 0 Å². The molecule has 19 heavy (non-hydrogen) atoms. The summed E-state index contributed by atoms with van der Waals surface area (Å²) in [7, 11) is 2.11. The first-order valence-electron chi connectivity index (χ1n) is 6.50. The topological polar surface area (TPSA) is 52.7 Å². The van der Waals surface area contributed by atoms with Crippen LogP contribution in [-0.2, 0) is 0 Å². The molecule has 1 saturated heterocycles. The number of rotatable bonds is 3. The van der Waals surface area contributed by atoms with Crippen molar-refractivity contribution in [1.82, 2.24) is 9.80 Å². The summed E-state index contributed by atoms with van der Waals surface area (Å²) in [5.41, 5.74) is 7.84. The molecule has 1 aliphatic heterocycles. The Morgan fingerprint density at radius 1 is 1.32 bits per heavy atom. The summed E-state index contributed by atoms with van der Waals surface area (Å²) in [6.07, 6.45) is 0. The lowest BCUT2D eigenvalue weighted by Crippen LogP contribution is -2.48. The molecule has 0 saturated carbocycles. The first kappa shape index (κ1) is 14.2. The molecule has 2 rings (SSSR count). The molecule has 0 bridgehead atoms. The summed E-state index contributed by atoms with van der Waals surface area (Å²) in [4.78, 5) is 4.95. The first-order chi connectivity index (χ1) is 8.99. The molecule has 1 unspecified atom stereocenters. The van der Waals surface area contributed by atoms with Gasteiger partial charge in [0.2, 0.25) is 0 Å². The van der Waals surface area contributed by atoms with Gasteiger partial charge in [-0.2, -0.15) is 0 Å². The second kappa shape index (κ2) is 5.86. The third-order valence-electron chi connectivity index (χ3n) is 3.65. The van der Waals surface area contributed by atoms with Gasteiger partial charge >= 0.3 is 0 Å². The van der Waals surface area contributed by atoms with E-state index in [0.29, 0.717) is 4.99 Å². The molecule has 104 valence electrons. The minimum absolute atomic E-state index is 0.177. The number of likely N-dealkylation sites (N-methyl/N-ethyl adjacent to an activating group) is 1. The van der Waals surface area contributed by atoms with E-state index < -0.39 is 0 Å². The fourth-order valence-corrected chi connectivity index (χ4v) is 2.78. The van der Waals surface area contributed by atoms with Crippen LogP contribution in [0.15, 0.2) is 18.2 Å². The van der Waals surface area contributed by atoms with Gasteiger partial charge in [0, 0.05) is 31.7 Å². The number of hydrogen-bond donors (Lipinski definition) is 2. The molecule has 3 N–H and O–H groups in total. The lowest BCUT2D eigenvalue weighted by molar-refractivity contribution is 0.136. The highest BCUT2D eigenvalue weighted by Gasteiger charge is 2.27. The first-order valence-corrected chi connectivity index (χ1v) is 6.91. The van der Waals surface area contributed by atoms with Crippen LogP contribution in [0.2, 0.25) is 0 Å². The fourth-order valence-electron chi connectivity index (χ4n) is 2.50. The van der Waals surface area contributed by atoms with Crippen molar-refractivity contribution in [2.75, 3.05) is 33.2 Å². The monoisotopic (exact) mass is 279 g/mol. The van der Waals surface area contributed by atoms with Crippen LogP contribution in [0.1, 0.15) is 17.2 Å². The highest BCUT2D eigenvalue weighted by atomic mass is 32.1. The van der Waals surface area contributed by atoms with Crippen molar-refractivity contribution in [2.24, 2.45) is 5.73 Å². The molecule has 0 aliphatic carbocycles. The van der Waals surface area contributed by atoms with E-state index in [4.69, 9.17) is 18.0 Å². The molecule has 5 heteroatoms. The molecule has 1 heterocycles. The summed E-state index contributed by atoms with van der Waals surface area (Å²) in [5, 5.41) is 10.1. The second-order valence-corrected chi connectivity index (χ2v) is 5.68. The van der Waals surface area contributed by atoms with Crippen molar-refractivity contribution < 1.29 is 5.11 Å². The Balaban J connectivity index is 2.30. The van der Waals surface area contributed by atoms with Crippen molar-refractivity contribution >= 4 is 17.2 Å². The lowest BCUT2D eigenvalue weighted by Gasteiger charge is -2.37. The highest BCUT2D eigenvalue weighted by Crippen LogP contribution is 2.30. The molecule has 1 aliphatic rings. The van der Waals surface area contributed by atoms with E-state index in [1.165, 1.54) is 0 Å². The summed E-state index contributed by atoms with van der Waals surface area (Å²) < 4.78 is 0. The van der Waals surface area contributed by atoms with Crippen molar-refractivity contribution in [1.29, 1.82) is 0 Å². The maximum absolute atomic E-state index is 10.1. The average molecular weight is 279 g/mol. The van der Waals surface area contributed by atoms with Gasteiger partial charge in [-0.15, -0.1) is 0 Å². The van der Waals surface area contributed by atoms with Crippen LogP contribution in [0.3, 0.4) is 0 Å². The van der Waals surface area contributed by atoms with Crippen LogP contribution in [-0.4, -0.2) is 53.1 Å². The third kappa shape index (κ3) is 3.23. The Labute approximate surface area is 119 Å². The number of hydrogen-bond acceptors (Lipinski definition) is 4. The van der Waals surface area contributed by atoms with E-state index in [1.54, 1.807) is 6.07 Å². The molecular weight excluding hydrogens is 258 g/mol. The Morgan fingerprint density at radius 2 is 1.95 bits per heavy atom. The molecule has 0 aromatic heterocycles. The van der Waals surface area contributed by atoms with E-state index in [0.717, 1.165) is 37.3 Å². The van der Waals surface area contributed by atoms with Gasteiger partial charge < -0.3 is 15.7 Å². The summed E-state index contributed by atoms with van der Waals surface area (Å²) in [6.45, 7) is 5.80. The number of phenols is 1. The van der Waals surface area contributed by atoms with E-state index in [2.05, 4.69) is 16.8 Å². The molecule has 1 aromatic rings. The van der Waals surface area contributed by atoms with Gasteiger partial charge in [-0.3, -0.25) is 4.90 Å². The van der Waals surface area contributed by atoms with Gasteiger partial charge in [-0.1, -0.05) is 29.9 Å². The number of nitrogens with two attached hydrogens (primary N) is 1. The maximum Gasteiger partial charge on any atom is 0.120 e. The summed E-state index contributed by atoms with van der Waals surface area (Å²) in [5.74, 6) is 0.266. The Morgan fingerprint density at radius 3 is 2.53 bits per heavy atom. The second-order valence-electron chi connectivity index (χ2n) is 5.21. The number of piperazine rings is 1. The zero-order chi connectivity index (χ0) is 14.0. The van der Waals surface area contributed by atoms with Crippen molar-refractivity contribution in [3.63, 3.8) is 0 Å². The highest BCUT2D eigenvalue weighted by molar-refractivity contribution is 7.80. The minimum atomic E-state index is -0.177. The zero-order valence-corrected chi connectivity index (χ0v) is 12.3. The number of phenolic OH excluding ortho intramolecular Hbond substituents is 1. The normalized spacial score (nSPS) is 19.3. The van der Waals surface area contributed by atoms with Gasteiger partial charge in [0.1, 0.15) is 5.75 Å². The maximum atomic E-state index is 10.1. The van der Waals surface area contributed by atoms with Crippen LogP contribution >= 0.6 is 12.2 Å². The standard InChI is InChI=1S/C14H21N3OS/c1-10-3-4-12(18)11(9-10)13(14(15)19)17-7-5-16(2)6-8-17/h3-4,9,13,18H,5-8H2,1-2H3,(H2,15,19). The van der Waals surface area contributed by atoms with E-state index in [9.17, 15) is 5.11 Å². The van der Waals surface area contributed by atoms with Gasteiger partial charge in [0.05, 0.1) is 11.0 Å². The number of thiocarbonyl (C=S) groups is 1. The van der Waals surface area contributed by atoms with Gasteiger partial charge in [-0.05, 0) is 20.0 Å². The number of aromatic hydroxyl groups is 1. The minimum Gasteiger partial charge on any atom is -0.508 e. The smallest absolute Gasteiger partial charge is 0.120 e. The quantitative estimate of drug-likeness (QED) is 0.816. The predicted octanol–water partition coefficient (Wildman–Crippen LogP) is 1.28. The van der Waals surface area contributed by atoms with Crippen molar-refractivity contribution in [2.45, 2.75) is 13.0 Å². The number of nitrogens with zero attached hydrogens (tertiary/aromatic N) is 2. The molecule has 4 nitrogen and oxygen atoms in total.